The topological polar surface area (TPSA) is 60.5 Å². The summed E-state index contributed by atoms with van der Waals surface area (Å²) in [5.41, 5.74) is 1.39. The SMILES string of the molecule is COC(=O)c1cccnc1NCc1ccccc1OC. The molecule has 1 aromatic heterocycles. The molecule has 2 aromatic rings. The third kappa shape index (κ3) is 3.06. The second kappa shape index (κ2) is 6.56. The van der Waals surface area contributed by atoms with Crippen molar-refractivity contribution in [2.24, 2.45) is 0 Å². The summed E-state index contributed by atoms with van der Waals surface area (Å²) in [7, 11) is 2.97. The van der Waals surface area contributed by atoms with Crippen LogP contribution in [0.1, 0.15) is 15.9 Å². The Labute approximate surface area is 117 Å². The number of rotatable bonds is 5. The molecule has 1 aromatic carbocycles. The Kier molecular flexibility index (Phi) is 4.55. The van der Waals surface area contributed by atoms with E-state index in [1.165, 1.54) is 7.11 Å². The third-order valence-corrected chi connectivity index (χ3v) is 2.85. The first-order chi connectivity index (χ1) is 9.76. The molecule has 0 spiro atoms. The lowest BCUT2D eigenvalue weighted by Crippen LogP contribution is -2.10. The van der Waals surface area contributed by atoms with E-state index in [1.54, 1.807) is 25.4 Å². The lowest BCUT2D eigenvalue weighted by molar-refractivity contribution is 0.0601. The van der Waals surface area contributed by atoms with Gasteiger partial charge in [0, 0.05) is 18.3 Å². The number of para-hydroxylation sites is 1. The first kappa shape index (κ1) is 13.9. The number of hydrogen-bond acceptors (Lipinski definition) is 5. The van der Waals surface area contributed by atoms with Gasteiger partial charge in [-0.15, -0.1) is 0 Å². The van der Waals surface area contributed by atoms with Crippen LogP contribution in [0.5, 0.6) is 5.75 Å². The first-order valence-electron chi connectivity index (χ1n) is 6.15. The zero-order valence-corrected chi connectivity index (χ0v) is 11.4. The van der Waals surface area contributed by atoms with Crippen molar-refractivity contribution in [2.75, 3.05) is 19.5 Å². The average Bonchev–Trinajstić information content (AvgIpc) is 2.52. The van der Waals surface area contributed by atoms with Crippen molar-refractivity contribution in [3.05, 3.63) is 53.7 Å². The lowest BCUT2D eigenvalue weighted by atomic mass is 10.2. The van der Waals surface area contributed by atoms with E-state index in [4.69, 9.17) is 9.47 Å². The van der Waals surface area contributed by atoms with Crippen molar-refractivity contribution in [1.29, 1.82) is 0 Å². The molecule has 5 nitrogen and oxygen atoms in total. The smallest absolute Gasteiger partial charge is 0.341 e. The second-order valence-corrected chi connectivity index (χ2v) is 4.06. The van der Waals surface area contributed by atoms with Crippen molar-refractivity contribution in [3.8, 4) is 5.75 Å². The molecule has 20 heavy (non-hydrogen) atoms. The molecule has 0 atom stereocenters. The standard InChI is InChI=1S/C15H16N2O3/c1-19-13-8-4-3-6-11(13)10-17-14-12(15(18)20-2)7-5-9-16-14/h3-9H,10H2,1-2H3,(H,16,17). The van der Waals surface area contributed by atoms with E-state index in [1.807, 2.05) is 24.3 Å². The Hall–Kier alpha value is -2.56. The van der Waals surface area contributed by atoms with Gasteiger partial charge >= 0.3 is 5.97 Å². The number of hydrogen-bond donors (Lipinski definition) is 1. The molecule has 0 saturated heterocycles. The van der Waals surface area contributed by atoms with E-state index in [9.17, 15) is 4.79 Å². The first-order valence-corrected chi connectivity index (χ1v) is 6.15. The number of anilines is 1. The molecule has 0 aliphatic heterocycles. The number of esters is 1. The largest absolute Gasteiger partial charge is 0.496 e. The van der Waals surface area contributed by atoms with Crippen molar-refractivity contribution >= 4 is 11.8 Å². The molecule has 0 fully saturated rings. The number of aromatic nitrogens is 1. The molecule has 2 rings (SSSR count). The van der Waals surface area contributed by atoms with Crippen LogP contribution in [0.15, 0.2) is 42.6 Å². The van der Waals surface area contributed by atoms with Gasteiger partial charge in [-0.3, -0.25) is 0 Å². The highest BCUT2D eigenvalue weighted by Crippen LogP contribution is 2.20. The maximum atomic E-state index is 11.6. The van der Waals surface area contributed by atoms with Crippen LogP contribution in [0.25, 0.3) is 0 Å². The molecule has 1 heterocycles. The van der Waals surface area contributed by atoms with Gasteiger partial charge in [-0.05, 0) is 18.2 Å². The number of pyridine rings is 1. The maximum absolute atomic E-state index is 11.6. The minimum absolute atomic E-state index is 0.407. The van der Waals surface area contributed by atoms with Crippen molar-refractivity contribution in [2.45, 2.75) is 6.54 Å². The van der Waals surface area contributed by atoms with Crippen molar-refractivity contribution in [3.63, 3.8) is 0 Å². The van der Waals surface area contributed by atoms with Crippen LogP contribution in [-0.2, 0) is 11.3 Å². The van der Waals surface area contributed by atoms with Crippen LogP contribution in [0.3, 0.4) is 0 Å². The van der Waals surface area contributed by atoms with Crippen LogP contribution in [0.2, 0.25) is 0 Å². The van der Waals surface area contributed by atoms with Crippen LogP contribution in [-0.4, -0.2) is 25.2 Å². The summed E-state index contributed by atoms with van der Waals surface area (Å²) in [6, 6.07) is 11.0. The fourth-order valence-electron chi connectivity index (χ4n) is 1.85. The molecule has 0 bridgehead atoms. The zero-order valence-electron chi connectivity index (χ0n) is 11.4. The van der Waals surface area contributed by atoms with E-state index in [2.05, 4.69) is 10.3 Å². The number of carbonyl (C=O) groups is 1. The Morgan fingerprint density at radius 3 is 2.75 bits per heavy atom. The van der Waals surface area contributed by atoms with E-state index >= 15 is 0 Å². The predicted molar refractivity (Wildman–Crippen MR) is 75.9 cm³/mol. The predicted octanol–water partition coefficient (Wildman–Crippen LogP) is 2.49. The summed E-state index contributed by atoms with van der Waals surface area (Å²) in [5, 5.41) is 3.13. The summed E-state index contributed by atoms with van der Waals surface area (Å²) < 4.78 is 10.0. The number of nitrogens with one attached hydrogen (secondary N) is 1. The fourth-order valence-corrected chi connectivity index (χ4v) is 1.85. The molecule has 0 aliphatic carbocycles. The highest BCUT2D eigenvalue weighted by molar-refractivity contribution is 5.94. The van der Waals surface area contributed by atoms with Crippen LogP contribution >= 0.6 is 0 Å². The molecule has 0 amide bonds. The highest BCUT2D eigenvalue weighted by Gasteiger charge is 2.12. The fraction of sp³-hybridized carbons (Fsp3) is 0.200. The Morgan fingerprint density at radius 2 is 2.00 bits per heavy atom. The van der Waals surface area contributed by atoms with Gasteiger partial charge in [-0.25, -0.2) is 9.78 Å². The minimum Gasteiger partial charge on any atom is -0.496 e. The number of benzene rings is 1. The summed E-state index contributed by atoms with van der Waals surface area (Å²) in [6.07, 6.45) is 1.62. The van der Waals surface area contributed by atoms with Gasteiger partial charge in [0.25, 0.3) is 0 Å². The number of methoxy groups -OCH3 is 2. The molecular weight excluding hydrogens is 256 g/mol. The van der Waals surface area contributed by atoms with Crippen molar-refractivity contribution in [1.82, 2.24) is 4.98 Å². The number of ether oxygens (including phenoxy) is 2. The number of carbonyl (C=O) groups excluding carboxylic acids is 1. The molecule has 5 heteroatoms. The van der Waals surface area contributed by atoms with Crippen LogP contribution < -0.4 is 10.1 Å². The average molecular weight is 272 g/mol. The van der Waals surface area contributed by atoms with E-state index in [0.717, 1.165) is 11.3 Å². The zero-order chi connectivity index (χ0) is 14.4. The highest BCUT2D eigenvalue weighted by atomic mass is 16.5. The summed E-state index contributed by atoms with van der Waals surface area (Å²) >= 11 is 0. The maximum Gasteiger partial charge on any atom is 0.341 e. The van der Waals surface area contributed by atoms with E-state index in [-0.39, 0.29) is 0 Å². The minimum atomic E-state index is -0.416. The van der Waals surface area contributed by atoms with Gasteiger partial charge < -0.3 is 14.8 Å². The van der Waals surface area contributed by atoms with Gasteiger partial charge in [-0.1, -0.05) is 18.2 Å². The molecular formula is C15H16N2O3. The lowest BCUT2D eigenvalue weighted by Gasteiger charge is -2.11. The number of nitrogens with zero attached hydrogens (tertiary/aromatic N) is 1. The van der Waals surface area contributed by atoms with Gasteiger partial charge in [0.1, 0.15) is 17.1 Å². The molecule has 0 radical (unpaired) electrons. The molecule has 0 aliphatic rings. The van der Waals surface area contributed by atoms with E-state index in [0.29, 0.717) is 17.9 Å². The van der Waals surface area contributed by atoms with Crippen LogP contribution in [0, 0.1) is 0 Å². The monoisotopic (exact) mass is 272 g/mol. The van der Waals surface area contributed by atoms with Gasteiger partial charge in [0.15, 0.2) is 0 Å². The van der Waals surface area contributed by atoms with Gasteiger partial charge in [-0.2, -0.15) is 0 Å². The second-order valence-electron chi connectivity index (χ2n) is 4.06. The molecule has 104 valence electrons. The van der Waals surface area contributed by atoms with Gasteiger partial charge in [0.05, 0.1) is 14.2 Å². The Balaban J connectivity index is 2.17. The molecule has 0 unspecified atom stereocenters. The van der Waals surface area contributed by atoms with E-state index < -0.39 is 5.97 Å². The Bertz CT molecular complexity index is 599. The Morgan fingerprint density at radius 1 is 1.20 bits per heavy atom. The van der Waals surface area contributed by atoms with Gasteiger partial charge in [0.2, 0.25) is 0 Å². The summed E-state index contributed by atoms with van der Waals surface area (Å²) in [4.78, 5) is 15.8. The van der Waals surface area contributed by atoms with Crippen molar-refractivity contribution < 1.29 is 14.3 Å². The third-order valence-electron chi connectivity index (χ3n) is 2.85. The normalized spacial score (nSPS) is 9.90. The molecule has 0 saturated carbocycles. The van der Waals surface area contributed by atoms with Crippen LogP contribution in [0.4, 0.5) is 5.82 Å². The summed E-state index contributed by atoms with van der Waals surface area (Å²) in [6.45, 7) is 0.505. The summed E-state index contributed by atoms with van der Waals surface area (Å²) in [5.74, 6) is 0.862. The molecule has 1 N–H and O–H groups in total. The quantitative estimate of drug-likeness (QED) is 0.847.